The third-order valence-electron chi connectivity index (χ3n) is 4.90. The van der Waals surface area contributed by atoms with E-state index in [1.54, 1.807) is 13.8 Å². The number of halogens is 2. The summed E-state index contributed by atoms with van der Waals surface area (Å²) in [6, 6.07) is 4.14. The predicted octanol–water partition coefficient (Wildman–Crippen LogP) is 6.04. The van der Waals surface area contributed by atoms with Crippen LogP contribution in [0.25, 0.3) is 0 Å². The van der Waals surface area contributed by atoms with Crippen molar-refractivity contribution in [3.8, 4) is 12.1 Å². The molecule has 0 fully saturated rings. The summed E-state index contributed by atoms with van der Waals surface area (Å²) >= 11 is 12.2. The van der Waals surface area contributed by atoms with Crippen LogP contribution in [-0.4, -0.2) is 19.3 Å². The summed E-state index contributed by atoms with van der Waals surface area (Å²) in [5.41, 5.74) is -0.750. The van der Waals surface area contributed by atoms with E-state index in [4.69, 9.17) is 27.6 Å². The minimum atomic E-state index is -1.73. The molecular formula is C17H30Cl2N2OSi. The normalized spacial score (nSPS) is 14.9. The second kappa shape index (κ2) is 8.21. The first-order valence-corrected chi connectivity index (χ1v) is 11.7. The molecule has 1 unspecified atom stereocenters. The first kappa shape index (κ1) is 22.7. The molecule has 0 amide bonds. The summed E-state index contributed by atoms with van der Waals surface area (Å²) in [7, 11) is -1.73. The highest BCUT2D eigenvalue weighted by Crippen LogP contribution is 2.44. The van der Waals surface area contributed by atoms with Gasteiger partial charge in [-0.1, -0.05) is 50.4 Å². The Bertz CT molecular complexity index is 444. The maximum absolute atomic E-state index is 9.33. The molecule has 0 aromatic rings. The van der Waals surface area contributed by atoms with Crippen molar-refractivity contribution in [2.75, 3.05) is 6.61 Å². The van der Waals surface area contributed by atoms with Gasteiger partial charge in [-0.2, -0.15) is 10.5 Å². The molecule has 0 aromatic carbocycles. The monoisotopic (exact) mass is 376 g/mol. The van der Waals surface area contributed by atoms with Crippen LogP contribution in [0.1, 0.15) is 53.9 Å². The molecule has 0 N–H and O–H groups in total. The van der Waals surface area contributed by atoms with E-state index in [2.05, 4.69) is 39.9 Å². The lowest BCUT2D eigenvalue weighted by Crippen LogP contribution is -2.41. The summed E-state index contributed by atoms with van der Waals surface area (Å²) in [6.45, 7) is 15.4. The van der Waals surface area contributed by atoms with Gasteiger partial charge in [0.1, 0.15) is 6.07 Å². The Balaban J connectivity index is 4.60. The minimum absolute atomic E-state index is 0.195. The van der Waals surface area contributed by atoms with Crippen LogP contribution in [0.15, 0.2) is 0 Å². The Morgan fingerprint density at radius 3 is 1.91 bits per heavy atom. The van der Waals surface area contributed by atoms with Crippen LogP contribution < -0.4 is 0 Å². The van der Waals surface area contributed by atoms with Gasteiger partial charge in [-0.3, -0.25) is 0 Å². The number of nitriles is 2. The topological polar surface area (TPSA) is 56.8 Å². The summed E-state index contributed by atoms with van der Waals surface area (Å²) in [6.07, 6.45) is 2.33. The van der Waals surface area contributed by atoms with Crippen molar-refractivity contribution in [2.24, 2.45) is 11.3 Å². The first-order valence-electron chi connectivity index (χ1n) is 8.05. The van der Waals surface area contributed by atoms with Gasteiger partial charge in [-0.05, 0) is 44.8 Å². The van der Waals surface area contributed by atoms with Gasteiger partial charge in [0.2, 0.25) is 4.33 Å². The largest absolute Gasteiger partial charge is 0.417 e. The van der Waals surface area contributed by atoms with Gasteiger partial charge in [0.25, 0.3) is 0 Å². The molecule has 0 aliphatic heterocycles. The molecule has 132 valence electrons. The number of alkyl halides is 2. The summed E-state index contributed by atoms with van der Waals surface area (Å²) in [4.78, 5) is 0. The molecule has 0 aromatic heterocycles. The number of rotatable bonds is 8. The average Bonchev–Trinajstić information content (AvgIpc) is 2.40. The molecule has 6 heteroatoms. The summed E-state index contributed by atoms with van der Waals surface area (Å²) in [5.74, 6) is -0.402. The second-order valence-electron chi connectivity index (χ2n) is 8.23. The molecule has 0 saturated carbocycles. The highest BCUT2D eigenvalue weighted by molar-refractivity contribution is 6.74. The van der Waals surface area contributed by atoms with Crippen LogP contribution in [0.3, 0.4) is 0 Å². The van der Waals surface area contributed by atoms with Gasteiger partial charge in [-0.15, -0.1) is 0 Å². The smallest absolute Gasteiger partial charge is 0.207 e. The van der Waals surface area contributed by atoms with E-state index >= 15 is 0 Å². The van der Waals surface area contributed by atoms with Gasteiger partial charge in [0.15, 0.2) is 8.32 Å². The molecule has 0 heterocycles. The third kappa shape index (κ3) is 6.63. The lowest BCUT2D eigenvalue weighted by molar-refractivity contribution is 0.239. The van der Waals surface area contributed by atoms with Gasteiger partial charge in [0, 0.05) is 12.5 Å². The zero-order valence-electron chi connectivity index (χ0n) is 15.5. The van der Waals surface area contributed by atoms with Crippen molar-refractivity contribution in [1.82, 2.24) is 0 Å². The third-order valence-corrected chi connectivity index (χ3v) is 10.1. The molecule has 0 radical (unpaired) electrons. The molecule has 0 saturated heterocycles. The number of hydrogen-bond donors (Lipinski definition) is 0. The van der Waals surface area contributed by atoms with Gasteiger partial charge < -0.3 is 4.43 Å². The van der Waals surface area contributed by atoms with Gasteiger partial charge in [-0.25, -0.2) is 0 Å². The second-order valence-corrected chi connectivity index (χ2v) is 14.4. The van der Waals surface area contributed by atoms with Crippen molar-refractivity contribution < 1.29 is 4.43 Å². The molecule has 0 bridgehead atoms. The van der Waals surface area contributed by atoms with Crippen LogP contribution in [0.5, 0.6) is 0 Å². The molecule has 0 aliphatic carbocycles. The van der Waals surface area contributed by atoms with Crippen molar-refractivity contribution in [3.05, 3.63) is 0 Å². The molecule has 0 spiro atoms. The first-order chi connectivity index (χ1) is 10.2. The van der Waals surface area contributed by atoms with E-state index in [1.807, 2.05) is 6.07 Å². The molecule has 3 nitrogen and oxygen atoms in total. The van der Waals surface area contributed by atoms with Crippen LogP contribution in [0, 0.1) is 34.0 Å². The predicted molar refractivity (Wildman–Crippen MR) is 99.9 cm³/mol. The molecule has 0 aliphatic rings. The lowest BCUT2D eigenvalue weighted by Gasteiger charge is -2.36. The van der Waals surface area contributed by atoms with E-state index in [-0.39, 0.29) is 5.04 Å². The van der Waals surface area contributed by atoms with Crippen molar-refractivity contribution in [3.63, 3.8) is 0 Å². The Morgan fingerprint density at radius 1 is 1.00 bits per heavy atom. The standard InChI is InChI=1S/C17H30Cl2N2OSi/c1-15(2,3)23(6,7)22-11-9-8-10-14(16(4,5)12-20)17(18,19)13-21/h14H,8-11H2,1-7H3. The Kier molecular flexibility index (Phi) is 8.12. The Labute approximate surface area is 153 Å². The van der Waals surface area contributed by atoms with E-state index in [0.29, 0.717) is 13.0 Å². The van der Waals surface area contributed by atoms with E-state index in [1.165, 1.54) is 0 Å². The fraction of sp³-hybridized carbons (Fsp3) is 0.882. The van der Waals surface area contributed by atoms with Crippen LogP contribution in [0.4, 0.5) is 0 Å². The fourth-order valence-electron chi connectivity index (χ4n) is 2.15. The van der Waals surface area contributed by atoms with Crippen molar-refractivity contribution in [2.45, 2.75) is 76.3 Å². The summed E-state index contributed by atoms with van der Waals surface area (Å²) < 4.78 is 4.60. The SMILES string of the molecule is CC(C)(C#N)C(CCCCO[Si](C)(C)C(C)(C)C)C(Cl)(Cl)C#N. The number of nitrogens with zero attached hydrogens (tertiary/aromatic N) is 2. The van der Waals surface area contributed by atoms with Crippen LogP contribution in [0.2, 0.25) is 18.1 Å². The van der Waals surface area contributed by atoms with E-state index < -0.39 is 24.0 Å². The zero-order chi connectivity index (χ0) is 18.5. The van der Waals surface area contributed by atoms with E-state index in [9.17, 15) is 10.5 Å². The zero-order valence-corrected chi connectivity index (χ0v) is 18.0. The van der Waals surface area contributed by atoms with Gasteiger partial charge >= 0.3 is 0 Å². The number of hydrogen-bond acceptors (Lipinski definition) is 3. The van der Waals surface area contributed by atoms with E-state index in [0.717, 1.165) is 12.8 Å². The fourth-order valence-corrected chi connectivity index (χ4v) is 4.00. The minimum Gasteiger partial charge on any atom is -0.417 e. The maximum atomic E-state index is 9.33. The Hall–Kier alpha value is -0.263. The highest BCUT2D eigenvalue weighted by atomic mass is 35.5. The summed E-state index contributed by atoms with van der Waals surface area (Å²) in [5, 5.41) is 18.7. The molecular weight excluding hydrogens is 347 g/mol. The number of unbranched alkanes of at least 4 members (excludes halogenated alkanes) is 1. The van der Waals surface area contributed by atoms with Crippen LogP contribution >= 0.6 is 23.2 Å². The Morgan fingerprint density at radius 2 is 1.52 bits per heavy atom. The van der Waals surface area contributed by atoms with Gasteiger partial charge in [0.05, 0.1) is 11.5 Å². The van der Waals surface area contributed by atoms with Crippen molar-refractivity contribution in [1.29, 1.82) is 10.5 Å². The molecule has 1 atom stereocenters. The quantitative estimate of drug-likeness (QED) is 0.294. The lowest BCUT2D eigenvalue weighted by atomic mass is 9.75. The van der Waals surface area contributed by atoms with Crippen LogP contribution in [-0.2, 0) is 4.43 Å². The van der Waals surface area contributed by atoms with Crippen molar-refractivity contribution >= 4 is 31.5 Å². The maximum Gasteiger partial charge on any atom is 0.207 e. The molecule has 0 rings (SSSR count). The molecule has 23 heavy (non-hydrogen) atoms. The average molecular weight is 377 g/mol. The highest BCUT2D eigenvalue weighted by Gasteiger charge is 2.45.